The Balaban J connectivity index is 1.80. The molecule has 2 rings (SSSR count). The van der Waals surface area contributed by atoms with Crippen molar-refractivity contribution in [2.75, 3.05) is 12.3 Å². The van der Waals surface area contributed by atoms with Crippen LogP contribution in [0.5, 0.6) is 0 Å². The molecule has 0 heterocycles. The second-order valence-corrected chi connectivity index (χ2v) is 5.60. The summed E-state index contributed by atoms with van der Waals surface area (Å²) in [5.41, 5.74) is 8.20. The normalized spacial score (nSPS) is 10.4. The van der Waals surface area contributed by atoms with E-state index in [1.807, 2.05) is 18.2 Å². The minimum atomic E-state index is -0.0233. The third-order valence-corrected chi connectivity index (χ3v) is 3.66. The molecule has 0 saturated carbocycles. The molecule has 2 aromatic rings. The number of amides is 1. The zero-order valence-corrected chi connectivity index (χ0v) is 12.9. The maximum Gasteiger partial charge on any atom is 0.224 e. The highest BCUT2D eigenvalue weighted by Gasteiger charge is 2.05. The average Bonchev–Trinajstić information content (AvgIpc) is 2.44. The van der Waals surface area contributed by atoms with Gasteiger partial charge in [0.1, 0.15) is 0 Å². The van der Waals surface area contributed by atoms with Crippen LogP contribution in [0.4, 0.5) is 5.69 Å². The molecule has 21 heavy (non-hydrogen) atoms. The van der Waals surface area contributed by atoms with Crippen LogP contribution >= 0.6 is 23.2 Å². The first kappa shape index (κ1) is 15.7. The van der Waals surface area contributed by atoms with Crippen LogP contribution in [0.15, 0.2) is 42.5 Å². The number of hydrogen-bond donors (Lipinski definition) is 2. The van der Waals surface area contributed by atoms with Gasteiger partial charge in [-0.3, -0.25) is 4.79 Å². The number of nitrogens with two attached hydrogens (primary N) is 1. The molecule has 0 saturated heterocycles. The van der Waals surface area contributed by atoms with E-state index in [9.17, 15) is 4.79 Å². The van der Waals surface area contributed by atoms with E-state index in [-0.39, 0.29) is 5.91 Å². The van der Waals surface area contributed by atoms with Gasteiger partial charge < -0.3 is 11.1 Å². The van der Waals surface area contributed by atoms with E-state index in [1.54, 1.807) is 24.3 Å². The summed E-state index contributed by atoms with van der Waals surface area (Å²) in [6.45, 7) is 0.537. The lowest BCUT2D eigenvalue weighted by atomic mass is 10.1. The van der Waals surface area contributed by atoms with Crippen molar-refractivity contribution in [2.45, 2.75) is 12.8 Å². The zero-order chi connectivity index (χ0) is 15.2. The number of carbonyl (C=O) groups is 1. The predicted octanol–water partition coefficient (Wildman–Crippen LogP) is 3.48. The van der Waals surface area contributed by atoms with Crippen LogP contribution in [0.3, 0.4) is 0 Å². The zero-order valence-electron chi connectivity index (χ0n) is 11.4. The maximum absolute atomic E-state index is 11.8. The quantitative estimate of drug-likeness (QED) is 0.828. The number of hydrogen-bond acceptors (Lipinski definition) is 2. The molecule has 0 spiro atoms. The fraction of sp³-hybridized carbons (Fsp3) is 0.188. The number of carbonyl (C=O) groups excluding carboxylic acids is 1. The summed E-state index contributed by atoms with van der Waals surface area (Å²) in [5.74, 6) is -0.0233. The minimum absolute atomic E-state index is 0.0233. The molecule has 3 nitrogen and oxygen atoms in total. The van der Waals surface area contributed by atoms with E-state index in [0.29, 0.717) is 35.1 Å². The molecule has 0 unspecified atom stereocenters. The Kier molecular flexibility index (Phi) is 5.48. The SMILES string of the molecule is Nc1ccc(CC(=O)NCCc2ccc(Cl)cc2Cl)cc1. The third kappa shape index (κ3) is 4.96. The van der Waals surface area contributed by atoms with Gasteiger partial charge in [-0.15, -0.1) is 0 Å². The van der Waals surface area contributed by atoms with Crippen LogP contribution in [0, 0.1) is 0 Å². The standard InChI is InChI=1S/C16H16Cl2N2O/c17-13-4-3-12(15(18)10-13)7-8-20-16(21)9-11-1-5-14(19)6-2-11/h1-6,10H,7-9,19H2,(H,20,21). The lowest BCUT2D eigenvalue weighted by Gasteiger charge is -2.07. The maximum atomic E-state index is 11.8. The first-order chi connectivity index (χ1) is 10.0. The van der Waals surface area contributed by atoms with Gasteiger partial charge in [-0.05, 0) is 41.8 Å². The number of halogens is 2. The summed E-state index contributed by atoms with van der Waals surface area (Å²) in [5, 5.41) is 4.10. The van der Waals surface area contributed by atoms with Gasteiger partial charge >= 0.3 is 0 Å². The third-order valence-electron chi connectivity index (χ3n) is 3.08. The first-order valence-electron chi connectivity index (χ1n) is 6.59. The Morgan fingerprint density at radius 2 is 1.81 bits per heavy atom. The topological polar surface area (TPSA) is 55.1 Å². The average molecular weight is 323 g/mol. The minimum Gasteiger partial charge on any atom is -0.399 e. The van der Waals surface area contributed by atoms with Crippen molar-refractivity contribution in [3.8, 4) is 0 Å². The first-order valence-corrected chi connectivity index (χ1v) is 7.35. The van der Waals surface area contributed by atoms with Crippen LogP contribution in [0.1, 0.15) is 11.1 Å². The van der Waals surface area contributed by atoms with Gasteiger partial charge in [-0.25, -0.2) is 0 Å². The molecule has 0 bridgehead atoms. The lowest BCUT2D eigenvalue weighted by Crippen LogP contribution is -2.27. The molecule has 0 aliphatic heterocycles. The fourth-order valence-corrected chi connectivity index (χ4v) is 2.45. The van der Waals surface area contributed by atoms with E-state index < -0.39 is 0 Å². The molecule has 0 aromatic heterocycles. The van der Waals surface area contributed by atoms with Gasteiger partial charge in [0.2, 0.25) is 5.91 Å². The van der Waals surface area contributed by atoms with Gasteiger partial charge in [0.05, 0.1) is 6.42 Å². The Hall–Kier alpha value is -1.71. The summed E-state index contributed by atoms with van der Waals surface area (Å²) in [7, 11) is 0. The molecule has 5 heteroatoms. The number of benzene rings is 2. The second-order valence-electron chi connectivity index (χ2n) is 4.75. The molecule has 0 radical (unpaired) electrons. The van der Waals surface area contributed by atoms with Gasteiger partial charge in [0, 0.05) is 22.3 Å². The summed E-state index contributed by atoms with van der Waals surface area (Å²) in [4.78, 5) is 11.8. The van der Waals surface area contributed by atoms with Gasteiger partial charge in [-0.2, -0.15) is 0 Å². The van der Waals surface area contributed by atoms with Gasteiger partial charge in [-0.1, -0.05) is 41.4 Å². The molecule has 2 aromatic carbocycles. The summed E-state index contributed by atoms with van der Waals surface area (Å²) in [6.07, 6.45) is 1.01. The molecule has 110 valence electrons. The van der Waals surface area contributed by atoms with E-state index in [0.717, 1.165) is 11.1 Å². The van der Waals surface area contributed by atoms with Crippen molar-refractivity contribution in [3.63, 3.8) is 0 Å². The summed E-state index contributed by atoms with van der Waals surface area (Å²) in [6, 6.07) is 12.6. The number of nitrogens with one attached hydrogen (secondary N) is 1. The van der Waals surface area contributed by atoms with Gasteiger partial charge in [0.15, 0.2) is 0 Å². The van der Waals surface area contributed by atoms with Crippen molar-refractivity contribution in [2.24, 2.45) is 0 Å². The van der Waals surface area contributed by atoms with Crippen LogP contribution in [0.2, 0.25) is 10.0 Å². The van der Waals surface area contributed by atoms with Crippen molar-refractivity contribution in [3.05, 3.63) is 63.6 Å². The number of nitrogen functional groups attached to an aromatic ring is 1. The largest absolute Gasteiger partial charge is 0.399 e. The van der Waals surface area contributed by atoms with Crippen molar-refractivity contribution in [1.29, 1.82) is 0 Å². The Bertz CT molecular complexity index is 627. The molecule has 0 atom stereocenters. The molecule has 0 fully saturated rings. The van der Waals surface area contributed by atoms with Crippen LogP contribution in [-0.2, 0) is 17.6 Å². The fourth-order valence-electron chi connectivity index (χ4n) is 1.94. The Morgan fingerprint density at radius 1 is 1.10 bits per heavy atom. The Morgan fingerprint density at radius 3 is 2.48 bits per heavy atom. The van der Waals surface area contributed by atoms with Crippen LogP contribution < -0.4 is 11.1 Å². The van der Waals surface area contributed by atoms with E-state index in [4.69, 9.17) is 28.9 Å². The smallest absolute Gasteiger partial charge is 0.224 e. The summed E-state index contributed by atoms with van der Waals surface area (Å²) >= 11 is 11.9. The van der Waals surface area contributed by atoms with Crippen LogP contribution in [0.25, 0.3) is 0 Å². The molecule has 1 amide bonds. The molecule has 0 aliphatic carbocycles. The van der Waals surface area contributed by atoms with Crippen molar-refractivity contribution in [1.82, 2.24) is 5.32 Å². The molecule has 3 N–H and O–H groups in total. The van der Waals surface area contributed by atoms with Crippen molar-refractivity contribution < 1.29 is 4.79 Å². The highest BCUT2D eigenvalue weighted by Crippen LogP contribution is 2.21. The van der Waals surface area contributed by atoms with Crippen molar-refractivity contribution >= 4 is 34.8 Å². The molecule has 0 aliphatic rings. The van der Waals surface area contributed by atoms with E-state index in [2.05, 4.69) is 5.32 Å². The Labute approximate surface area is 134 Å². The van der Waals surface area contributed by atoms with E-state index in [1.165, 1.54) is 0 Å². The second kappa shape index (κ2) is 7.34. The van der Waals surface area contributed by atoms with Gasteiger partial charge in [0.25, 0.3) is 0 Å². The summed E-state index contributed by atoms with van der Waals surface area (Å²) < 4.78 is 0. The molecular formula is C16H16Cl2N2O. The molecular weight excluding hydrogens is 307 g/mol. The number of rotatable bonds is 5. The highest BCUT2D eigenvalue weighted by molar-refractivity contribution is 6.35. The van der Waals surface area contributed by atoms with Crippen LogP contribution in [-0.4, -0.2) is 12.5 Å². The highest BCUT2D eigenvalue weighted by atomic mass is 35.5. The van der Waals surface area contributed by atoms with E-state index >= 15 is 0 Å². The number of anilines is 1. The lowest BCUT2D eigenvalue weighted by molar-refractivity contribution is -0.120. The predicted molar refractivity (Wildman–Crippen MR) is 87.7 cm³/mol. The monoisotopic (exact) mass is 322 g/mol.